The minimum atomic E-state index is -0.242. The molecule has 2 aliphatic rings. The zero-order valence-electron chi connectivity index (χ0n) is 16.6. The van der Waals surface area contributed by atoms with Crippen LogP contribution in [0.2, 0.25) is 0 Å². The van der Waals surface area contributed by atoms with Crippen LogP contribution >= 0.6 is 0 Å². The summed E-state index contributed by atoms with van der Waals surface area (Å²) in [6, 6.07) is 8.96. The van der Waals surface area contributed by atoms with E-state index in [-0.39, 0.29) is 23.1 Å². The Morgan fingerprint density at radius 2 is 2.07 bits per heavy atom. The largest absolute Gasteiger partial charge is 0.507 e. The summed E-state index contributed by atoms with van der Waals surface area (Å²) in [5.74, 6) is 0.537. The molecule has 1 saturated heterocycles. The van der Waals surface area contributed by atoms with Crippen molar-refractivity contribution >= 4 is 22.7 Å². The molecule has 0 aliphatic carbocycles. The maximum absolute atomic E-state index is 13.2. The van der Waals surface area contributed by atoms with Crippen molar-refractivity contribution < 1.29 is 19.4 Å². The van der Waals surface area contributed by atoms with Crippen LogP contribution in [0.25, 0.3) is 10.9 Å². The van der Waals surface area contributed by atoms with Crippen LogP contribution in [0.3, 0.4) is 0 Å². The van der Waals surface area contributed by atoms with Gasteiger partial charge in [-0.25, -0.2) is 0 Å². The summed E-state index contributed by atoms with van der Waals surface area (Å²) in [6.07, 6.45) is 1.42. The third-order valence-corrected chi connectivity index (χ3v) is 5.92. The highest BCUT2D eigenvalue weighted by molar-refractivity contribution is 6.01. The van der Waals surface area contributed by atoms with Crippen LogP contribution in [0.15, 0.2) is 30.3 Å². The molecule has 0 atom stereocenters. The monoisotopic (exact) mass is 406 g/mol. The number of aromatic hydroxyl groups is 1. The topological polar surface area (TPSA) is 98.8 Å². The molecule has 1 fully saturated rings. The van der Waals surface area contributed by atoms with Crippen molar-refractivity contribution in [2.75, 3.05) is 13.7 Å². The second-order valence-electron chi connectivity index (χ2n) is 7.80. The Labute approximate surface area is 173 Å². The van der Waals surface area contributed by atoms with Crippen LogP contribution in [-0.2, 0) is 24.4 Å². The lowest BCUT2D eigenvalue weighted by atomic mass is 10.1. The molecule has 2 N–H and O–H groups in total. The molecule has 154 valence electrons. The zero-order valence-corrected chi connectivity index (χ0v) is 16.6. The number of phenols is 1. The minimum Gasteiger partial charge on any atom is -0.507 e. The summed E-state index contributed by atoms with van der Waals surface area (Å²) >= 11 is 0. The van der Waals surface area contributed by atoms with Gasteiger partial charge in [0, 0.05) is 37.5 Å². The van der Waals surface area contributed by atoms with Gasteiger partial charge in [0.25, 0.3) is 5.91 Å². The van der Waals surface area contributed by atoms with Crippen molar-refractivity contribution in [3.63, 3.8) is 0 Å². The number of H-pyrrole nitrogens is 1. The fourth-order valence-corrected chi connectivity index (χ4v) is 4.27. The van der Waals surface area contributed by atoms with Gasteiger partial charge in [-0.3, -0.25) is 14.7 Å². The quantitative estimate of drug-likeness (QED) is 0.694. The van der Waals surface area contributed by atoms with E-state index in [1.807, 2.05) is 18.2 Å². The Morgan fingerprint density at radius 1 is 1.23 bits per heavy atom. The molecule has 0 bridgehead atoms. The van der Waals surface area contributed by atoms with E-state index in [0.29, 0.717) is 31.6 Å². The summed E-state index contributed by atoms with van der Waals surface area (Å²) in [6.45, 7) is 2.08. The first-order chi connectivity index (χ1) is 14.5. The Morgan fingerprint density at radius 3 is 2.83 bits per heavy atom. The normalized spacial score (nSPS) is 15.8. The van der Waals surface area contributed by atoms with E-state index >= 15 is 0 Å². The van der Waals surface area contributed by atoms with Crippen LogP contribution in [-0.4, -0.2) is 50.6 Å². The minimum absolute atomic E-state index is 0.101. The number of rotatable bonds is 4. The number of hydrogen-bond donors (Lipinski definition) is 2. The van der Waals surface area contributed by atoms with Crippen LogP contribution in [0.4, 0.5) is 0 Å². The molecule has 3 aromatic rings. The van der Waals surface area contributed by atoms with Crippen molar-refractivity contribution in [2.24, 2.45) is 0 Å². The van der Waals surface area contributed by atoms with E-state index in [2.05, 4.69) is 10.2 Å². The van der Waals surface area contributed by atoms with E-state index < -0.39 is 0 Å². The molecule has 0 unspecified atom stereocenters. The SMILES string of the molecule is COc1ccc2c(c1)CN(C(=O)c1cc3c(CN4CCCC4=O)[nH]nc3cc1O)C2. The number of methoxy groups -OCH3 is 1. The van der Waals surface area contributed by atoms with Crippen molar-refractivity contribution in [3.05, 3.63) is 52.7 Å². The molecule has 2 aliphatic heterocycles. The van der Waals surface area contributed by atoms with E-state index in [4.69, 9.17) is 4.74 Å². The predicted octanol–water partition coefficient (Wildman–Crippen LogP) is 2.56. The second kappa shape index (κ2) is 7.05. The predicted molar refractivity (Wildman–Crippen MR) is 109 cm³/mol. The smallest absolute Gasteiger partial charge is 0.258 e. The first-order valence-electron chi connectivity index (χ1n) is 9.96. The number of ether oxygens (including phenoxy) is 1. The fourth-order valence-electron chi connectivity index (χ4n) is 4.27. The highest BCUT2D eigenvalue weighted by Gasteiger charge is 2.28. The first-order valence-corrected chi connectivity index (χ1v) is 9.96. The molecule has 0 saturated carbocycles. The van der Waals surface area contributed by atoms with E-state index in [1.165, 1.54) is 6.07 Å². The lowest BCUT2D eigenvalue weighted by Crippen LogP contribution is -2.25. The van der Waals surface area contributed by atoms with Crippen molar-refractivity contribution in [2.45, 2.75) is 32.5 Å². The van der Waals surface area contributed by atoms with Crippen LogP contribution < -0.4 is 4.74 Å². The lowest BCUT2D eigenvalue weighted by molar-refractivity contribution is -0.128. The average molecular weight is 406 g/mol. The summed E-state index contributed by atoms with van der Waals surface area (Å²) in [5.41, 5.74) is 3.68. The fraction of sp³-hybridized carbons (Fsp3) is 0.318. The number of fused-ring (bicyclic) bond motifs is 2. The number of likely N-dealkylation sites (tertiary alicyclic amines) is 1. The molecule has 3 heterocycles. The van der Waals surface area contributed by atoms with E-state index in [1.54, 1.807) is 23.0 Å². The van der Waals surface area contributed by atoms with Gasteiger partial charge in [-0.05, 0) is 35.7 Å². The second-order valence-corrected chi connectivity index (χ2v) is 7.80. The number of phenolic OH excluding ortho intramolecular Hbond substituents is 1. The number of amides is 2. The number of carbonyl (C=O) groups is 2. The van der Waals surface area contributed by atoms with Gasteiger partial charge >= 0.3 is 0 Å². The van der Waals surface area contributed by atoms with Gasteiger partial charge in [-0.2, -0.15) is 5.10 Å². The molecular weight excluding hydrogens is 384 g/mol. The Bertz CT molecular complexity index is 1170. The van der Waals surface area contributed by atoms with E-state index in [0.717, 1.165) is 40.9 Å². The molecule has 0 radical (unpaired) electrons. The Hall–Kier alpha value is -3.55. The number of hydrogen-bond acceptors (Lipinski definition) is 5. The molecule has 1 aromatic heterocycles. The van der Waals surface area contributed by atoms with Crippen LogP contribution in [0, 0.1) is 0 Å². The molecule has 8 heteroatoms. The number of aromatic amines is 1. The van der Waals surface area contributed by atoms with Gasteiger partial charge in [0.15, 0.2) is 0 Å². The van der Waals surface area contributed by atoms with Crippen molar-refractivity contribution in [3.8, 4) is 11.5 Å². The summed E-state index contributed by atoms with van der Waals surface area (Å²) in [4.78, 5) is 28.7. The standard InChI is InChI=1S/C22H22N4O4/c1-30-15-5-4-13-10-26(11-14(13)7-15)22(29)17-8-16-18(9-20(17)27)23-24-19(16)12-25-6-2-3-21(25)28/h4-5,7-9,27H,2-3,6,10-12H2,1H3,(H,23,24). The average Bonchev–Trinajstić information content (AvgIpc) is 3.45. The third kappa shape index (κ3) is 3.04. The number of aromatic nitrogens is 2. The highest BCUT2D eigenvalue weighted by Crippen LogP contribution is 2.32. The zero-order chi connectivity index (χ0) is 20.8. The van der Waals surface area contributed by atoms with Gasteiger partial charge in [0.1, 0.15) is 11.5 Å². The summed E-state index contributed by atoms with van der Waals surface area (Å²) in [7, 11) is 1.62. The maximum Gasteiger partial charge on any atom is 0.258 e. The molecule has 30 heavy (non-hydrogen) atoms. The van der Waals surface area contributed by atoms with E-state index in [9.17, 15) is 14.7 Å². The first kappa shape index (κ1) is 18.5. The van der Waals surface area contributed by atoms with Crippen LogP contribution in [0.5, 0.6) is 11.5 Å². The van der Waals surface area contributed by atoms with Crippen molar-refractivity contribution in [1.29, 1.82) is 0 Å². The Balaban J connectivity index is 1.43. The molecular formula is C22H22N4O4. The van der Waals surface area contributed by atoms with Gasteiger partial charge in [-0.1, -0.05) is 6.07 Å². The van der Waals surface area contributed by atoms with Crippen molar-refractivity contribution in [1.82, 2.24) is 20.0 Å². The molecule has 2 amide bonds. The number of carbonyl (C=O) groups excluding carboxylic acids is 2. The summed E-state index contributed by atoms with van der Waals surface area (Å²) in [5, 5.41) is 18.4. The highest BCUT2D eigenvalue weighted by atomic mass is 16.5. The van der Waals surface area contributed by atoms with Gasteiger partial charge in [0.2, 0.25) is 5.91 Å². The number of benzene rings is 2. The summed E-state index contributed by atoms with van der Waals surface area (Å²) < 4.78 is 5.27. The third-order valence-electron chi connectivity index (χ3n) is 5.92. The molecule has 8 nitrogen and oxygen atoms in total. The number of nitrogens with one attached hydrogen (secondary N) is 1. The molecule has 0 spiro atoms. The van der Waals surface area contributed by atoms with Gasteiger partial charge in [0.05, 0.1) is 30.4 Å². The Kier molecular flexibility index (Phi) is 4.34. The van der Waals surface area contributed by atoms with Gasteiger partial charge < -0.3 is 19.6 Å². The van der Waals surface area contributed by atoms with Crippen LogP contribution in [0.1, 0.15) is 40.0 Å². The number of nitrogens with zero attached hydrogens (tertiary/aromatic N) is 3. The maximum atomic E-state index is 13.2. The molecule has 2 aromatic carbocycles. The lowest BCUT2D eigenvalue weighted by Gasteiger charge is -2.17. The van der Waals surface area contributed by atoms with Gasteiger partial charge in [-0.15, -0.1) is 0 Å². The molecule has 5 rings (SSSR count).